The highest BCUT2D eigenvalue weighted by Gasteiger charge is 2.39. The first-order valence-corrected chi connectivity index (χ1v) is 11.0. The number of piperidine rings is 1. The van der Waals surface area contributed by atoms with E-state index in [-0.39, 0.29) is 5.25 Å². The first kappa shape index (κ1) is 18.2. The highest BCUT2D eigenvalue weighted by Crippen LogP contribution is 2.32. The third kappa shape index (κ3) is 3.64. The molecule has 1 aliphatic heterocycles. The van der Waals surface area contributed by atoms with E-state index in [2.05, 4.69) is 11.0 Å². The fraction of sp³-hybridized carbons (Fsp3) is 0.500. The van der Waals surface area contributed by atoms with Crippen molar-refractivity contribution in [2.75, 3.05) is 31.6 Å². The van der Waals surface area contributed by atoms with Gasteiger partial charge >= 0.3 is 0 Å². The zero-order chi connectivity index (χ0) is 19.0. The van der Waals surface area contributed by atoms with E-state index >= 15 is 0 Å². The van der Waals surface area contributed by atoms with Crippen LogP contribution >= 0.6 is 0 Å². The van der Waals surface area contributed by atoms with Crippen molar-refractivity contribution in [2.24, 2.45) is 5.92 Å². The first-order chi connectivity index (χ1) is 13.0. The van der Waals surface area contributed by atoms with E-state index in [4.69, 9.17) is 4.98 Å². The number of pyridine rings is 1. The normalized spacial score (nSPS) is 18.8. The van der Waals surface area contributed by atoms with E-state index in [1.807, 2.05) is 30.3 Å². The highest BCUT2D eigenvalue weighted by molar-refractivity contribution is 7.90. The van der Waals surface area contributed by atoms with Crippen LogP contribution in [0.15, 0.2) is 30.3 Å². The predicted octanol–water partition coefficient (Wildman–Crippen LogP) is 2.75. The monoisotopic (exact) mass is 384 g/mol. The van der Waals surface area contributed by atoms with Crippen molar-refractivity contribution in [1.29, 1.82) is 5.26 Å². The predicted molar refractivity (Wildman–Crippen MR) is 106 cm³/mol. The van der Waals surface area contributed by atoms with Gasteiger partial charge in [0, 0.05) is 32.1 Å². The van der Waals surface area contributed by atoms with Gasteiger partial charge in [-0.2, -0.15) is 5.26 Å². The van der Waals surface area contributed by atoms with Crippen molar-refractivity contribution < 1.29 is 8.42 Å². The van der Waals surface area contributed by atoms with Crippen LogP contribution in [-0.2, 0) is 10.0 Å². The van der Waals surface area contributed by atoms with Crippen LogP contribution in [0.4, 0.5) is 5.82 Å². The van der Waals surface area contributed by atoms with Crippen molar-refractivity contribution in [3.05, 3.63) is 35.9 Å². The zero-order valence-electron chi connectivity index (χ0n) is 15.5. The summed E-state index contributed by atoms with van der Waals surface area (Å²) in [6.45, 7) is 2.17. The first-order valence-electron chi connectivity index (χ1n) is 9.49. The number of sulfonamides is 1. The van der Waals surface area contributed by atoms with Crippen LogP contribution in [0.3, 0.4) is 0 Å². The van der Waals surface area contributed by atoms with Gasteiger partial charge in [0.1, 0.15) is 11.9 Å². The Balaban J connectivity index is 1.45. The van der Waals surface area contributed by atoms with Crippen molar-refractivity contribution in [3.63, 3.8) is 0 Å². The Morgan fingerprint density at radius 2 is 1.93 bits per heavy atom. The molecule has 4 rings (SSSR count). The number of nitriles is 1. The Morgan fingerprint density at radius 3 is 2.59 bits per heavy atom. The van der Waals surface area contributed by atoms with Crippen LogP contribution in [-0.4, -0.2) is 49.6 Å². The molecular weight excluding hydrogens is 360 g/mol. The number of hydrogen-bond acceptors (Lipinski definition) is 5. The quantitative estimate of drug-likeness (QED) is 0.792. The lowest BCUT2D eigenvalue weighted by Gasteiger charge is -2.34. The smallest absolute Gasteiger partial charge is 0.216 e. The van der Waals surface area contributed by atoms with Crippen LogP contribution in [0.1, 0.15) is 31.2 Å². The SMILES string of the molecule is CN(CC1CCN(c2nc3ccccc3cc2C#N)CC1)S(=O)(=O)C1CC1. The fourth-order valence-corrected chi connectivity index (χ4v) is 5.50. The second-order valence-corrected chi connectivity index (χ2v) is 9.94. The Labute approximate surface area is 160 Å². The summed E-state index contributed by atoms with van der Waals surface area (Å²) < 4.78 is 26.2. The zero-order valence-corrected chi connectivity index (χ0v) is 16.3. The number of aromatic nitrogens is 1. The van der Waals surface area contributed by atoms with E-state index in [1.165, 1.54) is 0 Å². The molecule has 1 aliphatic carbocycles. The van der Waals surface area contributed by atoms with Gasteiger partial charge < -0.3 is 4.90 Å². The number of para-hydroxylation sites is 1. The molecule has 0 amide bonds. The third-order valence-electron chi connectivity index (χ3n) is 5.63. The maximum absolute atomic E-state index is 12.3. The molecule has 0 spiro atoms. The second-order valence-electron chi connectivity index (χ2n) is 7.62. The van der Waals surface area contributed by atoms with Crippen LogP contribution in [0.5, 0.6) is 0 Å². The van der Waals surface area contributed by atoms with Gasteiger partial charge in [0.05, 0.1) is 16.3 Å². The molecule has 0 atom stereocenters. The lowest BCUT2D eigenvalue weighted by atomic mass is 9.96. The number of fused-ring (bicyclic) bond motifs is 1. The lowest BCUT2D eigenvalue weighted by Crippen LogP contribution is -2.40. The number of nitrogens with zero attached hydrogens (tertiary/aromatic N) is 4. The van der Waals surface area contributed by atoms with Gasteiger partial charge in [-0.25, -0.2) is 17.7 Å². The van der Waals surface area contributed by atoms with E-state index in [0.29, 0.717) is 18.0 Å². The van der Waals surface area contributed by atoms with Crippen LogP contribution in [0.25, 0.3) is 10.9 Å². The van der Waals surface area contributed by atoms with Crippen molar-refractivity contribution in [1.82, 2.24) is 9.29 Å². The molecule has 7 heteroatoms. The summed E-state index contributed by atoms with van der Waals surface area (Å²) in [5.41, 5.74) is 1.49. The van der Waals surface area contributed by atoms with Gasteiger partial charge in [0.15, 0.2) is 0 Å². The number of hydrogen-bond donors (Lipinski definition) is 0. The molecule has 1 aromatic heterocycles. The average Bonchev–Trinajstić information content (AvgIpc) is 3.53. The minimum atomic E-state index is -3.10. The van der Waals surface area contributed by atoms with E-state index in [0.717, 1.165) is 55.5 Å². The van der Waals surface area contributed by atoms with E-state index in [1.54, 1.807) is 11.4 Å². The minimum absolute atomic E-state index is 0.150. The standard InChI is InChI=1S/C20H24N4O2S/c1-23(27(25,26)18-6-7-18)14-15-8-10-24(11-9-15)20-17(13-21)12-16-4-2-3-5-19(16)22-20/h2-5,12,15,18H,6-11,14H2,1H3. The number of benzene rings is 1. The molecule has 0 N–H and O–H groups in total. The van der Waals surface area contributed by atoms with Gasteiger partial charge in [-0.1, -0.05) is 18.2 Å². The van der Waals surface area contributed by atoms with Gasteiger partial charge in [0.2, 0.25) is 10.0 Å². The Bertz CT molecular complexity index is 987. The Morgan fingerprint density at radius 1 is 1.22 bits per heavy atom. The molecule has 0 unspecified atom stereocenters. The van der Waals surface area contributed by atoms with Crippen molar-refractivity contribution in [2.45, 2.75) is 30.9 Å². The summed E-state index contributed by atoms with van der Waals surface area (Å²) in [5.74, 6) is 1.10. The summed E-state index contributed by atoms with van der Waals surface area (Å²) >= 11 is 0. The highest BCUT2D eigenvalue weighted by atomic mass is 32.2. The summed E-state index contributed by atoms with van der Waals surface area (Å²) in [6.07, 6.45) is 3.42. The molecule has 0 bridgehead atoms. The molecular formula is C20H24N4O2S. The average molecular weight is 385 g/mol. The molecule has 2 heterocycles. The number of rotatable bonds is 5. The molecule has 2 fully saturated rings. The Kier molecular flexibility index (Phi) is 4.79. The second kappa shape index (κ2) is 7.10. The molecule has 1 aromatic carbocycles. The molecule has 142 valence electrons. The van der Waals surface area contributed by atoms with Crippen molar-refractivity contribution in [3.8, 4) is 6.07 Å². The molecule has 6 nitrogen and oxygen atoms in total. The van der Waals surface area contributed by atoms with Gasteiger partial charge in [-0.3, -0.25) is 0 Å². The van der Waals surface area contributed by atoms with Crippen LogP contribution in [0.2, 0.25) is 0 Å². The molecule has 0 radical (unpaired) electrons. The van der Waals surface area contributed by atoms with Gasteiger partial charge in [-0.05, 0) is 43.7 Å². The van der Waals surface area contributed by atoms with E-state index < -0.39 is 10.0 Å². The van der Waals surface area contributed by atoms with Gasteiger partial charge in [0.25, 0.3) is 0 Å². The summed E-state index contributed by atoms with van der Waals surface area (Å²) in [6, 6.07) is 12.0. The van der Waals surface area contributed by atoms with Crippen LogP contribution in [0, 0.1) is 17.2 Å². The molecule has 2 aliphatic rings. The van der Waals surface area contributed by atoms with Crippen molar-refractivity contribution >= 4 is 26.7 Å². The molecule has 1 saturated heterocycles. The number of anilines is 1. The Hall–Kier alpha value is -2.17. The van der Waals surface area contributed by atoms with Crippen LogP contribution < -0.4 is 4.90 Å². The fourth-order valence-electron chi connectivity index (χ4n) is 3.84. The topological polar surface area (TPSA) is 77.3 Å². The maximum atomic E-state index is 12.3. The lowest BCUT2D eigenvalue weighted by molar-refractivity contribution is 0.327. The third-order valence-corrected chi connectivity index (χ3v) is 7.97. The molecule has 27 heavy (non-hydrogen) atoms. The summed E-state index contributed by atoms with van der Waals surface area (Å²) in [5, 5.41) is 10.4. The van der Waals surface area contributed by atoms with Gasteiger partial charge in [-0.15, -0.1) is 0 Å². The molecule has 2 aromatic rings. The minimum Gasteiger partial charge on any atom is -0.355 e. The summed E-state index contributed by atoms with van der Waals surface area (Å²) in [4.78, 5) is 6.89. The maximum Gasteiger partial charge on any atom is 0.216 e. The van der Waals surface area contributed by atoms with E-state index in [9.17, 15) is 13.7 Å². The molecule has 1 saturated carbocycles. The largest absolute Gasteiger partial charge is 0.355 e. The summed E-state index contributed by atoms with van der Waals surface area (Å²) in [7, 11) is -1.39.